The van der Waals surface area contributed by atoms with Gasteiger partial charge >= 0.3 is 0 Å². The maximum Gasteiger partial charge on any atom is 0.271 e. The Bertz CT molecular complexity index is 1750. The van der Waals surface area contributed by atoms with Crippen molar-refractivity contribution in [2.24, 2.45) is 4.99 Å². The highest BCUT2D eigenvalue weighted by Crippen LogP contribution is 2.41. The normalized spacial score (nSPS) is 18.5. The third-order valence-electron chi connectivity index (χ3n) is 6.72. The maximum atomic E-state index is 14.4. The van der Waals surface area contributed by atoms with Gasteiger partial charge in [0.15, 0.2) is 4.80 Å². The van der Waals surface area contributed by atoms with E-state index in [4.69, 9.17) is 28.2 Å². The van der Waals surface area contributed by atoms with Crippen LogP contribution in [0.25, 0.3) is 12.2 Å². The Kier molecular flexibility index (Phi) is 6.45. The van der Waals surface area contributed by atoms with E-state index in [1.54, 1.807) is 28.8 Å². The molecule has 0 spiro atoms. The van der Waals surface area contributed by atoms with Gasteiger partial charge in [0.2, 0.25) is 0 Å². The van der Waals surface area contributed by atoms with Crippen molar-refractivity contribution < 1.29 is 4.39 Å². The Morgan fingerprint density at radius 1 is 0.919 bits per heavy atom. The second-order valence-corrected chi connectivity index (χ2v) is 11.0. The van der Waals surface area contributed by atoms with Crippen molar-refractivity contribution in [2.45, 2.75) is 25.3 Å². The standard InChI is InChI=1S/C30H21Cl2FN2OS/c31-22-12-8-18(9-13-22)16-21-5-3-6-24-27(21)34-30-35(28(24)19-10-14-23(32)15-11-19)29(36)26(37-30)17-20-4-1-2-7-25(20)33/h1-2,4,7-17,28H,3,5-6H2/b21-16-,26-17+. The lowest BCUT2D eigenvalue weighted by Crippen LogP contribution is -2.39. The van der Waals surface area contributed by atoms with E-state index in [-0.39, 0.29) is 17.4 Å². The monoisotopic (exact) mass is 546 g/mol. The van der Waals surface area contributed by atoms with Crippen LogP contribution in [0.5, 0.6) is 0 Å². The number of nitrogens with zero attached hydrogens (tertiary/aromatic N) is 2. The molecule has 0 bridgehead atoms. The van der Waals surface area contributed by atoms with E-state index < -0.39 is 0 Å². The van der Waals surface area contributed by atoms with Gasteiger partial charge in [-0.2, -0.15) is 0 Å². The average molecular weight is 547 g/mol. The SMILES string of the molecule is O=c1/c(=C\c2ccccc2F)sc2n1C(c1ccc(Cl)cc1)C1=C(N=2)/C(=C\c2ccc(Cl)cc2)CCC1. The van der Waals surface area contributed by atoms with E-state index in [1.165, 1.54) is 17.4 Å². The summed E-state index contributed by atoms with van der Waals surface area (Å²) >= 11 is 13.6. The summed E-state index contributed by atoms with van der Waals surface area (Å²) in [5.41, 5.74) is 5.40. The summed E-state index contributed by atoms with van der Waals surface area (Å²) in [5, 5.41) is 1.33. The number of rotatable bonds is 3. The van der Waals surface area contributed by atoms with Crippen LogP contribution in [-0.2, 0) is 0 Å². The van der Waals surface area contributed by atoms with E-state index in [0.29, 0.717) is 24.9 Å². The first kappa shape index (κ1) is 24.1. The summed E-state index contributed by atoms with van der Waals surface area (Å²) in [6.07, 6.45) is 6.45. The third-order valence-corrected chi connectivity index (χ3v) is 8.21. The minimum Gasteiger partial charge on any atom is -0.272 e. The summed E-state index contributed by atoms with van der Waals surface area (Å²) in [7, 11) is 0. The lowest BCUT2D eigenvalue weighted by atomic mass is 9.84. The van der Waals surface area contributed by atoms with Crippen LogP contribution in [0.2, 0.25) is 10.0 Å². The van der Waals surface area contributed by atoms with Crippen LogP contribution in [0.3, 0.4) is 0 Å². The molecule has 3 nitrogen and oxygen atoms in total. The van der Waals surface area contributed by atoms with Gasteiger partial charge in [0.05, 0.1) is 16.3 Å². The molecular weight excluding hydrogens is 526 g/mol. The first-order valence-electron chi connectivity index (χ1n) is 12.0. The fraction of sp³-hybridized carbons (Fsp3) is 0.133. The summed E-state index contributed by atoms with van der Waals surface area (Å²) in [4.78, 5) is 19.4. The summed E-state index contributed by atoms with van der Waals surface area (Å²) in [6.45, 7) is 0. The van der Waals surface area contributed by atoms with Crippen LogP contribution in [0, 0.1) is 5.82 Å². The lowest BCUT2D eigenvalue weighted by molar-refractivity contribution is 0.553. The minimum atomic E-state index is -0.366. The number of thiazole rings is 1. The number of benzene rings is 3. The molecule has 1 aliphatic carbocycles. The number of fused-ring (bicyclic) bond motifs is 1. The van der Waals surface area contributed by atoms with Gasteiger partial charge in [0.1, 0.15) is 5.82 Å². The summed E-state index contributed by atoms with van der Waals surface area (Å²) < 4.78 is 16.6. The molecule has 3 aromatic carbocycles. The molecular formula is C30H21Cl2FN2OS. The van der Waals surface area contributed by atoms with Gasteiger partial charge in [-0.05, 0) is 84.0 Å². The molecule has 184 valence electrons. The highest BCUT2D eigenvalue weighted by atomic mass is 35.5. The quantitative estimate of drug-likeness (QED) is 0.274. The van der Waals surface area contributed by atoms with Gasteiger partial charge in [0, 0.05) is 15.6 Å². The number of allylic oxidation sites excluding steroid dienone is 2. The van der Waals surface area contributed by atoms with Crippen molar-refractivity contribution in [2.75, 3.05) is 0 Å². The van der Waals surface area contributed by atoms with Crippen molar-refractivity contribution in [1.29, 1.82) is 0 Å². The Hall–Kier alpha value is -3.25. The molecule has 0 N–H and O–H groups in total. The zero-order valence-electron chi connectivity index (χ0n) is 19.6. The molecule has 0 radical (unpaired) electrons. The Morgan fingerprint density at radius 2 is 1.62 bits per heavy atom. The Balaban J connectivity index is 1.58. The van der Waals surface area contributed by atoms with Crippen LogP contribution in [0.15, 0.2) is 99.4 Å². The zero-order chi connectivity index (χ0) is 25.5. The molecule has 4 aromatic rings. The maximum absolute atomic E-state index is 14.4. The van der Waals surface area contributed by atoms with Crippen LogP contribution >= 0.6 is 34.5 Å². The molecule has 0 saturated carbocycles. The molecule has 1 atom stereocenters. The average Bonchev–Trinajstić information content (AvgIpc) is 3.21. The van der Waals surface area contributed by atoms with Gasteiger partial charge in [-0.25, -0.2) is 9.38 Å². The minimum absolute atomic E-state index is 0.174. The zero-order valence-corrected chi connectivity index (χ0v) is 22.0. The second kappa shape index (κ2) is 9.90. The fourth-order valence-corrected chi connectivity index (χ4v) is 6.24. The van der Waals surface area contributed by atoms with Crippen molar-refractivity contribution in [1.82, 2.24) is 4.57 Å². The first-order chi connectivity index (χ1) is 18.0. The van der Waals surface area contributed by atoms with Crippen LogP contribution in [0.1, 0.15) is 42.0 Å². The van der Waals surface area contributed by atoms with Crippen molar-refractivity contribution in [3.8, 4) is 0 Å². The Labute approximate surface area is 227 Å². The molecule has 1 aromatic heterocycles. The fourth-order valence-electron chi connectivity index (χ4n) is 5.00. The molecule has 0 saturated heterocycles. The number of hydrogen-bond donors (Lipinski definition) is 0. The van der Waals surface area contributed by atoms with Crippen molar-refractivity contribution in [3.63, 3.8) is 0 Å². The smallest absolute Gasteiger partial charge is 0.271 e. The van der Waals surface area contributed by atoms with Crippen LogP contribution in [-0.4, -0.2) is 4.57 Å². The molecule has 37 heavy (non-hydrogen) atoms. The molecule has 6 rings (SSSR count). The molecule has 7 heteroatoms. The second-order valence-electron chi connectivity index (χ2n) is 9.10. The van der Waals surface area contributed by atoms with Gasteiger partial charge in [-0.15, -0.1) is 0 Å². The molecule has 2 heterocycles. The number of aromatic nitrogens is 1. The summed E-state index contributed by atoms with van der Waals surface area (Å²) in [5.74, 6) is -0.366. The van der Waals surface area contributed by atoms with Gasteiger partial charge in [0.25, 0.3) is 5.56 Å². The van der Waals surface area contributed by atoms with E-state index in [2.05, 4.69) is 6.08 Å². The molecule has 0 fully saturated rings. The molecule has 2 aliphatic rings. The highest BCUT2D eigenvalue weighted by molar-refractivity contribution is 7.07. The van der Waals surface area contributed by atoms with E-state index >= 15 is 0 Å². The number of halogens is 3. The topological polar surface area (TPSA) is 34.4 Å². The van der Waals surface area contributed by atoms with Crippen molar-refractivity contribution in [3.05, 3.63) is 142 Å². The Morgan fingerprint density at radius 3 is 2.35 bits per heavy atom. The van der Waals surface area contributed by atoms with E-state index in [1.807, 2.05) is 48.5 Å². The first-order valence-corrected chi connectivity index (χ1v) is 13.6. The predicted octanol–water partition coefficient (Wildman–Crippen LogP) is 6.93. The largest absolute Gasteiger partial charge is 0.272 e. The van der Waals surface area contributed by atoms with Gasteiger partial charge in [-0.3, -0.25) is 9.36 Å². The highest BCUT2D eigenvalue weighted by Gasteiger charge is 2.32. The predicted molar refractivity (Wildman–Crippen MR) is 149 cm³/mol. The number of hydrogen-bond acceptors (Lipinski definition) is 3. The third kappa shape index (κ3) is 4.63. The van der Waals surface area contributed by atoms with E-state index in [0.717, 1.165) is 47.2 Å². The van der Waals surface area contributed by atoms with Gasteiger partial charge < -0.3 is 0 Å². The summed E-state index contributed by atoms with van der Waals surface area (Å²) in [6, 6.07) is 21.5. The van der Waals surface area contributed by atoms with Crippen LogP contribution in [0.4, 0.5) is 4.39 Å². The molecule has 0 amide bonds. The van der Waals surface area contributed by atoms with Gasteiger partial charge in [-0.1, -0.05) is 77.0 Å². The molecule has 1 unspecified atom stereocenters. The van der Waals surface area contributed by atoms with E-state index in [9.17, 15) is 9.18 Å². The van der Waals surface area contributed by atoms with Crippen LogP contribution < -0.4 is 14.9 Å². The lowest BCUT2D eigenvalue weighted by Gasteiger charge is -2.31. The van der Waals surface area contributed by atoms with Crippen molar-refractivity contribution >= 4 is 46.7 Å². The molecule has 1 aliphatic heterocycles.